The van der Waals surface area contributed by atoms with Crippen molar-refractivity contribution < 1.29 is 9.84 Å². The fraction of sp³-hybridized carbons (Fsp3) is 0.200. The fourth-order valence-corrected chi connectivity index (χ4v) is 1.63. The molecule has 0 unspecified atom stereocenters. The molecule has 2 heteroatoms. The van der Waals surface area contributed by atoms with Gasteiger partial charge in [0.1, 0.15) is 6.10 Å². The van der Waals surface area contributed by atoms with Crippen molar-refractivity contribution in [3.63, 3.8) is 0 Å². The van der Waals surface area contributed by atoms with Crippen LogP contribution in [0.1, 0.15) is 17.2 Å². The smallest absolute Gasteiger partial charge is 0.102 e. The molecule has 0 fully saturated rings. The average molecular weight is 228 g/mol. The lowest BCUT2D eigenvalue weighted by Gasteiger charge is -2.11. The first-order chi connectivity index (χ1) is 8.36. The largest absolute Gasteiger partial charge is 0.386 e. The first kappa shape index (κ1) is 11.8. The molecule has 1 N–H and O–H groups in total. The normalized spacial score (nSPS) is 12.3. The molecular formula is C15H16O2. The number of hydrogen-bond donors (Lipinski definition) is 1. The Morgan fingerprint density at radius 3 is 2.12 bits per heavy atom. The van der Waals surface area contributed by atoms with Crippen molar-refractivity contribution in [2.75, 3.05) is 6.61 Å². The standard InChI is InChI=1S/C15H16O2/c16-15(14-9-5-2-6-10-14)12-17-11-13-7-3-1-4-8-13/h1-10,15-16H,11-12H2/t15-/m1/s1. The Labute approximate surface area is 101 Å². The number of aliphatic hydroxyl groups is 1. The molecule has 0 aromatic heterocycles. The lowest BCUT2D eigenvalue weighted by molar-refractivity contribution is 0.0277. The SMILES string of the molecule is O[C@H](COCc1ccccc1)c1ccccc1. The van der Waals surface area contributed by atoms with E-state index in [0.717, 1.165) is 11.1 Å². The summed E-state index contributed by atoms with van der Waals surface area (Å²) in [5.74, 6) is 0. The Hall–Kier alpha value is -1.64. The summed E-state index contributed by atoms with van der Waals surface area (Å²) in [5.41, 5.74) is 2.01. The van der Waals surface area contributed by atoms with Gasteiger partial charge in [-0.05, 0) is 11.1 Å². The van der Waals surface area contributed by atoms with Gasteiger partial charge in [0.2, 0.25) is 0 Å². The molecule has 17 heavy (non-hydrogen) atoms. The maximum atomic E-state index is 9.87. The van der Waals surface area contributed by atoms with Crippen LogP contribution in [0.5, 0.6) is 0 Å². The molecule has 0 amide bonds. The highest BCUT2D eigenvalue weighted by Gasteiger charge is 2.06. The van der Waals surface area contributed by atoms with E-state index in [9.17, 15) is 5.11 Å². The van der Waals surface area contributed by atoms with Crippen LogP contribution in [-0.4, -0.2) is 11.7 Å². The fourth-order valence-electron chi connectivity index (χ4n) is 1.63. The molecule has 0 aliphatic rings. The van der Waals surface area contributed by atoms with Gasteiger partial charge >= 0.3 is 0 Å². The summed E-state index contributed by atoms with van der Waals surface area (Å²) in [7, 11) is 0. The van der Waals surface area contributed by atoms with Crippen molar-refractivity contribution >= 4 is 0 Å². The van der Waals surface area contributed by atoms with E-state index in [1.54, 1.807) is 0 Å². The van der Waals surface area contributed by atoms with E-state index in [1.165, 1.54) is 0 Å². The molecular weight excluding hydrogens is 212 g/mol. The van der Waals surface area contributed by atoms with Gasteiger partial charge in [0.05, 0.1) is 13.2 Å². The summed E-state index contributed by atoms with van der Waals surface area (Å²) < 4.78 is 5.49. The lowest BCUT2D eigenvalue weighted by atomic mass is 10.1. The Morgan fingerprint density at radius 2 is 1.47 bits per heavy atom. The van der Waals surface area contributed by atoms with Crippen LogP contribution in [0, 0.1) is 0 Å². The van der Waals surface area contributed by atoms with E-state index < -0.39 is 6.10 Å². The van der Waals surface area contributed by atoms with Crippen molar-refractivity contribution in [3.05, 3.63) is 71.8 Å². The van der Waals surface area contributed by atoms with Gasteiger partial charge in [-0.2, -0.15) is 0 Å². The monoisotopic (exact) mass is 228 g/mol. The molecule has 0 heterocycles. The van der Waals surface area contributed by atoms with Crippen molar-refractivity contribution in [2.45, 2.75) is 12.7 Å². The summed E-state index contributed by atoms with van der Waals surface area (Å²) in [6, 6.07) is 19.5. The summed E-state index contributed by atoms with van der Waals surface area (Å²) in [5, 5.41) is 9.87. The maximum absolute atomic E-state index is 9.87. The lowest BCUT2D eigenvalue weighted by Crippen LogP contribution is -2.07. The Morgan fingerprint density at radius 1 is 0.882 bits per heavy atom. The number of benzene rings is 2. The molecule has 0 spiro atoms. The molecule has 0 aliphatic heterocycles. The molecule has 2 nitrogen and oxygen atoms in total. The average Bonchev–Trinajstić information content (AvgIpc) is 2.41. The molecule has 0 radical (unpaired) electrons. The van der Waals surface area contributed by atoms with Crippen molar-refractivity contribution in [1.29, 1.82) is 0 Å². The zero-order chi connectivity index (χ0) is 11.9. The molecule has 0 bridgehead atoms. The van der Waals surface area contributed by atoms with Crippen LogP contribution < -0.4 is 0 Å². The number of rotatable bonds is 5. The van der Waals surface area contributed by atoms with Crippen molar-refractivity contribution in [2.24, 2.45) is 0 Å². The van der Waals surface area contributed by atoms with Gasteiger partial charge in [-0.15, -0.1) is 0 Å². The minimum absolute atomic E-state index is 0.318. The van der Waals surface area contributed by atoms with Crippen LogP contribution in [0.2, 0.25) is 0 Å². The number of hydrogen-bond acceptors (Lipinski definition) is 2. The highest BCUT2D eigenvalue weighted by molar-refractivity contribution is 5.17. The Kier molecular flexibility index (Phi) is 4.30. The van der Waals surface area contributed by atoms with Crippen LogP contribution >= 0.6 is 0 Å². The van der Waals surface area contributed by atoms with E-state index in [0.29, 0.717) is 13.2 Å². The van der Waals surface area contributed by atoms with Crippen molar-refractivity contribution in [1.82, 2.24) is 0 Å². The second kappa shape index (κ2) is 6.18. The quantitative estimate of drug-likeness (QED) is 0.852. The predicted octanol–water partition coefficient (Wildman–Crippen LogP) is 2.94. The zero-order valence-electron chi connectivity index (χ0n) is 9.62. The van der Waals surface area contributed by atoms with Gasteiger partial charge in [-0.1, -0.05) is 60.7 Å². The summed E-state index contributed by atoms with van der Waals surface area (Å²) in [4.78, 5) is 0. The first-order valence-corrected chi connectivity index (χ1v) is 5.71. The zero-order valence-corrected chi connectivity index (χ0v) is 9.62. The van der Waals surface area contributed by atoms with Crippen molar-refractivity contribution in [3.8, 4) is 0 Å². The Balaban J connectivity index is 1.79. The minimum atomic E-state index is -0.556. The molecule has 2 rings (SSSR count). The molecule has 1 atom stereocenters. The first-order valence-electron chi connectivity index (χ1n) is 5.71. The summed E-state index contributed by atoms with van der Waals surface area (Å²) in [6.45, 7) is 0.851. The summed E-state index contributed by atoms with van der Waals surface area (Å²) >= 11 is 0. The van der Waals surface area contributed by atoms with E-state index >= 15 is 0 Å². The van der Waals surface area contributed by atoms with Crippen LogP contribution in [-0.2, 0) is 11.3 Å². The second-order valence-corrected chi connectivity index (χ2v) is 3.93. The topological polar surface area (TPSA) is 29.5 Å². The molecule has 2 aromatic rings. The van der Waals surface area contributed by atoms with Gasteiger partial charge in [-0.3, -0.25) is 0 Å². The van der Waals surface area contributed by atoms with E-state index in [-0.39, 0.29) is 0 Å². The minimum Gasteiger partial charge on any atom is -0.386 e. The van der Waals surface area contributed by atoms with Gasteiger partial charge in [0.15, 0.2) is 0 Å². The molecule has 88 valence electrons. The molecule has 0 aliphatic carbocycles. The molecule has 2 aromatic carbocycles. The van der Waals surface area contributed by atoms with Gasteiger partial charge in [0.25, 0.3) is 0 Å². The highest BCUT2D eigenvalue weighted by atomic mass is 16.5. The third kappa shape index (κ3) is 3.70. The summed E-state index contributed by atoms with van der Waals surface area (Å²) in [6.07, 6.45) is -0.556. The van der Waals surface area contributed by atoms with E-state index in [1.807, 2.05) is 60.7 Å². The van der Waals surface area contributed by atoms with Gasteiger partial charge in [0, 0.05) is 0 Å². The number of aliphatic hydroxyl groups excluding tert-OH is 1. The second-order valence-electron chi connectivity index (χ2n) is 3.93. The predicted molar refractivity (Wildman–Crippen MR) is 67.5 cm³/mol. The third-order valence-corrected chi connectivity index (χ3v) is 2.57. The molecule has 0 saturated carbocycles. The highest BCUT2D eigenvalue weighted by Crippen LogP contribution is 2.13. The van der Waals surface area contributed by atoms with Crippen LogP contribution in [0.4, 0.5) is 0 Å². The van der Waals surface area contributed by atoms with E-state index in [4.69, 9.17) is 4.74 Å². The maximum Gasteiger partial charge on any atom is 0.102 e. The van der Waals surface area contributed by atoms with Crippen LogP contribution in [0.15, 0.2) is 60.7 Å². The van der Waals surface area contributed by atoms with Gasteiger partial charge < -0.3 is 9.84 Å². The van der Waals surface area contributed by atoms with Crippen LogP contribution in [0.25, 0.3) is 0 Å². The Bertz CT molecular complexity index is 425. The molecule has 0 saturated heterocycles. The van der Waals surface area contributed by atoms with Crippen LogP contribution in [0.3, 0.4) is 0 Å². The third-order valence-electron chi connectivity index (χ3n) is 2.57. The van der Waals surface area contributed by atoms with Gasteiger partial charge in [-0.25, -0.2) is 0 Å². The van der Waals surface area contributed by atoms with E-state index in [2.05, 4.69) is 0 Å². The number of ether oxygens (including phenoxy) is 1.